The van der Waals surface area contributed by atoms with Crippen LogP contribution in [0.3, 0.4) is 0 Å². The average molecular weight is 359 g/mol. The van der Waals surface area contributed by atoms with Gasteiger partial charge in [0.05, 0.1) is 17.9 Å². The number of amides is 1. The third kappa shape index (κ3) is 4.22. The molecule has 26 heavy (non-hydrogen) atoms. The zero-order chi connectivity index (χ0) is 19.5. The van der Waals surface area contributed by atoms with Gasteiger partial charge in [0.2, 0.25) is 5.96 Å². The highest BCUT2D eigenvalue weighted by molar-refractivity contribution is 6.00. The Morgan fingerprint density at radius 2 is 1.85 bits per heavy atom. The van der Waals surface area contributed by atoms with Crippen molar-refractivity contribution in [2.24, 2.45) is 10.7 Å². The van der Waals surface area contributed by atoms with E-state index >= 15 is 0 Å². The summed E-state index contributed by atoms with van der Waals surface area (Å²) in [4.78, 5) is 30.8. The molecule has 1 aliphatic rings. The first kappa shape index (κ1) is 19.5. The molecule has 1 aliphatic heterocycles. The molecule has 1 amide bonds. The fourth-order valence-electron chi connectivity index (χ4n) is 2.67. The van der Waals surface area contributed by atoms with Crippen molar-refractivity contribution in [3.63, 3.8) is 0 Å². The number of carbonyl (C=O) groups excluding carboxylic acids is 2. The van der Waals surface area contributed by atoms with Gasteiger partial charge in [-0.25, -0.2) is 19.5 Å². The van der Waals surface area contributed by atoms with Gasteiger partial charge in [0.1, 0.15) is 11.6 Å². The van der Waals surface area contributed by atoms with Crippen LogP contribution in [0.2, 0.25) is 0 Å². The highest BCUT2D eigenvalue weighted by Crippen LogP contribution is 2.36. The van der Waals surface area contributed by atoms with Gasteiger partial charge in [-0.1, -0.05) is 30.3 Å². The minimum absolute atomic E-state index is 0.0290. The highest BCUT2D eigenvalue weighted by Gasteiger charge is 2.41. The lowest BCUT2D eigenvalue weighted by Crippen LogP contribution is -2.49. The van der Waals surface area contributed by atoms with Gasteiger partial charge in [0, 0.05) is 0 Å². The monoisotopic (exact) mass is 359 g/mol. The maximum atomic E-state index is 12.8. The number of benzene rings is 1. The number of carbonyl (C=O) groups is 2. The molecule has 0 bridgehead atoms. The minimum Gasteiger partial charge on any atom is -0.463 e. The van der Waals surface area contributed by atoms with Crippen molar-refractivity contribution in [1.82, 2.24) is 4.90 Å². The van der Waals surface area contributed by atoms with Crippen molar-refractivity contribution in [1.29, 1.82) is 0 Å². The number of aliphatic imine (C=N–C) groups is 1. The molecule has 1 aromatic rings. The first-order valence-electron chi connectivity index (χ1n) is 8.45. The van der Waals surface area contributed by atoms with E-state index in [-0.39, 0.29) is 18.1 Å². The standard InChI is InChI=1S/C19H25N3O4/c1-6-25-16(23)14-12(2)21-17(20)22(18(24)26-19(3,4)5)15(14)13-10-8-7-9-11-13/h7-11,15H,6H2,1-5H3,(H2,20,21). The van der Waals surface area contributed by atoms with E-state index in [2.05, 4.69) is 4.99 Å². The quantitative estimate of drug-likeness (QED) is 0.837. The minimum atomic E-state index is -0.775. The molecule has 0 saturated carbocycles. The van der Waals surface area contributed by atoms with Crippen LogP contribution in [0.1, 0.15) is 46.2 Å². The lowest BCUT2D eigenvalue weighted by molar-refractivity contribution is -0.139. The Balaban J connectivity index is 2.58. The molecule has 7 heteroatoms. The molecule has 1 unspecified atom stereocenters. The van der Waals surface area contributed by atoms with Gasteiger partial charge in [0.15, 0.2) is 0 Å². The van der Waals surface area contributed by atoms with E-state index in [1.165, 1.54) is 4.90 Å². The van der Waals surface area contributed by atoms with Gasteiger partial charge >= 0.3 is 12.1 Å². The Kier molecular flexibility index (Phi) is 5.69. The number of esters is 1. The number of guanidine groups is 1. The van der Waals surface area contributed by atoms with E-state index < -0.39 is 23.7 Å². The van der Waals surface area contributed by atoms with E-state index in [9.17, 15) is 9.59 Å². The van der Waals surface area contributed by atoms with Crippen molar-refractivity contribution in [2.75, 3.05) is 6.61 Å². The molecule has 1 atom stereocenters. The van der Waals surface area contributed by atoms with E-state index in [0.717, 1.165) is 0 Å². The van der Waals surface area contributed by atoms with Gasteiger partial charge < -0.3 is 15.2 Å². The zero-order valence-electron chi connectivity index (χ0n) is 15.8. The molecule has 7 nitrogen and oxygen atoms in total. The van der Waals surface area contributed by atoms with Crippen molar-refractivity contribution in [3.05, 3.63) is 47.2 Å². The summed E-state index contributed by atoms with van der Waals surface area (Å²) in [6.45, 7) is 8.87. The number of hydrogen-bond donors (Lipinski definition) is 1. The summed E-state index contributed by atoms with van der Waals surface area (Å²) >= 11 is 0. The van der Waals surface area contributed by atoms with Crippen molar-refractivity contribution in [3.8, 4) is 0 Å². The van der Waals surface area contributed by atoms with Crippen LogP contribution in [0.5, 0.6) is 0 Å². The normalized spacial score (nSPS) is 17.7. The van der Waals surface area contributed by atoms with Crippen LogP contribution in [-0.4, -0.2) is 35.1 Å². The molecule has 140 valence electrons. The number of allylic oxidation sites excluding steroid dienone is 1. The number of nitrogens with two attached hydrogens (primary N) is 1. The predicted octanol–water partition coefficient (Wildman–Crippen LogP) is 3.13. The fraction of sp³-hybridized carbons (Fsp3) is 0.421. The topological polar surface area (TPSA) is 94.2 Å². The van der Waals surface area contributed by atoms with E-state index in [0.29, 0.717) is 11.3 Å². The average Bonchev–Trinajstić information content (AvgIpc) is 2.53. The highest BCUT2D eigenvalue weighted by atomic mass is 16.6. The van der Waals surface area contributed by atoms with Gasteiger partial charge in [-0.3, -0.25) is 0 Å². The van der Waals surface area contributed by atoms with Gasteiger partial charge in [-0.2, -0.15) is 0 Å². The number of hydrogen-bond acceptors (Lipinski definition) is 6. The first-order chi connectivity index (χ1) is 12.2. The summed E-state index contributed by atoms with van der Waals surface area (Å²) in [7, 11) is 0. The largest absolute Gasteiger partial charge is 0.463 e. The van der Waals surface area contributed by atoms with Crippen LogP contribution in [0.25, 0.3) is 0 Å². The van der Waals surface area contributed by atoms with Crippen molar-refractivity contribution in [2.45, 2.75) is 46.3 Å². The Morgan fingerprint density at radius 1 is 1.23 bits per heavy atom. The second-order valence-corrected chi connectivity index (χ2v) is 6.85. The summed E-state index contributed by atoms with van der Waals surface area (Å²) in [5.41, 5.74) is 6.70. The van der Waals surface area contributed by atoms with Crippen molar-refractivity contribution >= 4 is 18.0 Å². The summed E-state index contributed by atoms with van der Waals surface area (Å²) in [6.07, 6.45) is -0.679. The summed E-state index contributed by atoms with van der Waals surface area (Å²) in [6, 6.07) is 8.34. The maximum Gasteiger partial charge on any atom is 0.418 e. The summed E-state index contributed by atoms with van der Waals surface area (Å²) < 4.78 is 10.7. The van der Waals surface area contributed by atoms with Crippen molar-refractivity contribution < 1.29 is 19.1 Å². The molecule has 0 saturated heterocycles. The number of ether oxygens (including phenoxy) is 2. The molecular formula is C19H25N3O4. The zero-order valence-corrected chi connectivity index (χ0v) is 15.8. The van der Waals surface area contributed by atoms with Gasteiger partial charge in [-0.05, 0) is 40.2 Å². The Morgan fingerprint density at radius 3 is 2.38 bits per heavy atom. The van der Waals surface area contributed by atoms with Crippen LogP contribution < -0.4 is 5.73 Å². The van der Waals surface area contributed by atoms with Crippen LogP contribution in [0, 0.1) is 0 Å². The molecule has 0 fully saturated rings. The van der Waals surface area contributed by atoms with Crippen LogP contribution in [-0.2, 0) is 14.3 Å². The Hall–Kier alpha value is -2.83. The first-order valence-corrected chi connectivity index (χ1v) is 8.45. The van der Waals surface area contributed by atoms with Crippen LogP contribution >= 0.6 is 0 Å². The summed E-state index contributed by atoms with van der Waals surface area (Å²) in [5, 5.41) is 0. The second kappa shape index (κ2) is 7.59. The summed E-state index contributed by atoms with van der Waals surface area (Å²) in [5.74, 6) is -0.567. The second-order valence-electron chi connectivity index (χ2n) is 6.85. The van der Waals surface area contributed by atoms with E-state index in [1.54, 1.807) is 34.6 Å². The predicted molar refractivity (Wildman–Crippen MR) is 98.2 cm³/mol. The van der Waals surface area contributed by atoms with E-state index in [4.69, 9.17) is 15.2 Å². The fourth-order valence-corrected chi connectivity index (χ4v) is 2.67. The third-order valence-electron chi connectivity index (χ3n) is 3.65. The molecule has 0 aliphatic carbocycles. The van der Waals surface area contributed by atoms with Gasteiger partial charge in [-0.15, -0.1) is 0 Å². The molecule has 0 spiro atoms. The molecule has 1 aromatic carbocycles. The van der Waals surface area contributed by atoms with Crippen LogP contribution in [0.15, 0.2) is 46.6 Å². The lowest BCUT2D eigenvalue weighted by Gasteiger charge is -2.36. The molecule has 0 radical (unpaired) electrons. The molecule has 1 heterocycles. The number of rotatable bonds is 3. The third-order valence-corrected chi connectivity index (χ3v) is 3.65. The molecular weight excluding hydrogens is 334 g/mol. The molecule has 2 N–H and O–H groups in total. The van der Waals surface area contributed by atoms with Crippen LogP contribution in [0.4, 0.5) is 4.79 Å². The number of nitrogens with zero attached hydrogens (tertiary/aromatic N) is 2. The van der Waals surface area contributed by atoms with E-state index in [1.807, 2.05) is 30.3 Å². The Labute approximate surface area is 153 Å². The molecule has 0 aromatic heterocycles. The Bertz CT molecular complexity index is 748. The lowest BCUT2D eigenvalue weighted by atomic mass is 9.94. The smallest absolute Gasteiger partial charge is 0.418 e. The maximum absolute atomic E-state index is 12.8. The van der Waals surface area contributed by atoms with Gasteiger partial charge in [0.25, 0.3) is 0 Å². The molecule has 2 rings (SSSR count). The SMILES string of the molecule is CCOC(=O)C1=C(C)N=C(N)N(C(=O)OC(C)(C)C)C1c1ccccc1.